The number of likely N-dealkylation sites (tertiary alicyclic amines) is 1. The van der Waals surface area contributed by atoms with Gasteiger partial charge in [-0.2, -0.15) is 0 Å². The standard InChI is InChI=1S/C20H23NO/c1-16(22)20(19-10-6-3-7-11-19)21-14-12-18(13-15-21)17-8-4-2-5-9-17/h2-11,18,20H,12-15H2,1H3/t20-/m0/s1. The number of piperidine rings is 1. The molecule has 0 aromatic heterocycles. The fraction of sp³-hybridized carbons (Fsp3) is 0.350. The molecule has 2 aromatic carbocycles. The van der Waals surface area contributed by atoms with Gasteiger partial charge < -0.3 is 0 Å². The molecule has 0 spiro atoms. The summed E-state index contributed by atoms with van der Waals surface area (Å²) in [5.74, 6) is 0.866. The Hall–Kier alpha value is -1.93. The molecule has 0 N–H and O–H groups in total. The van der Waals surface area contributed by atoms with Crippen molar-refractivity contribution in [3.63, 3.8) is 0 Å². The monoisotopic (exact) mass is 293 g/mol. The molecule has 2 heteroatoms. The summed E-state index contributed by atoms with van der Waals surface area (Å²) < 4.78 is 0. The molecule has 3 rings (SSSR count). The van der Waals surface area contributed by atoms with E-state index in [4.69, 9.17) is 0 Å². The van der Waals surface area contributed by atoms with E-state index < -0.39 is 0 Å². The van der Waals surface area contributed by atoms with Gasteiger partial charge in [0.1, 0.15) is 0 Å². The molecule has 1 atom stereocenters. The van der Waals surface area contributed by atoms with Crippen LogP contribution in [0.4, 0.5) is 0 Å². The van der Waals surface area contributed by atoms with Crippen LogP contribution in [0.5, 0.6) is 0 Å². The Morgan fingerprint density at radius 1 is 0.955 bits per heavy atom. The second-order valence-corrected chi connectivity index (χ2v) is 6.14. The van der Waals surface area contributed by atoms with Crippen LogP contribution in [0.3, 0.4) is 0 Å². The van der Waals surface area contributed by atoms with E-state index in [1.807, 2.05) is 18.2 Å². The Kier molecular flexibility index (Phi) is 4.69. The lowest BCUT2D eigenvalue weighted by atomic mass is 9.88. The van der Waals surface area contributed by atoms with Crippen molar-refractivity contribution < 1.29 is 4.79 Å². The second-order valence-electron chi connectivity index (χ2n) is 6.14. The highest BCUT2D eigenvalue weighted by atomic mass is 16.1. The minimum absolute atomic E-state index is 0.0853. The molecule has 2 aromatic rings. The summed E-state index contributed by atoms with van der Waals surface area (Å²) in [6.07, 6.45) is 2.25. The third-order valence-corrected chi connectivity index (χ3v) is 4.67. The summed E-state index contributed by atoms with van der Waals surface area (Å²) in [6.45, 7) is 3.68. The van der Waals surface area contributed by atoms with Gasteiger partial charge in [0.05, 0.1) is 6.04 Å². The first kappa shape index (κ1) is 15.0. The van der Waals surface area contributed by atoms with E-state index in [2.05, 4.69) is 47.4 Å². The van der Waals surface area contributed by atoms with E-state index in [9.17, 15) is 4.79 Å². The maximum absolute atomic E-state index is 12.2. The lowest BCUT2D eigenvalue weighted by Crippen LogP contribution is -2.39. The van der Waals surface area contributed by atoms with Gasteiger partial charge in [-0.25, -0.2) is 0 Å². The van der Waals surface area contributed by atoms with E-state index in [1.54, 1.807) is 6.92 Å². The highest BCUT2D eigenvalue weighted by Crippen LogP contribution is 2.32. The summed E-state index contributed by atoms with van der Waals surface area (Å²) >= 11 is 0. The summed E-state index contributed by atoms with van der Waals surface area (Å²) in [5, 5.41) is 0. The van der Waals surface area contributed by atoms with Gasteiger partial charge in [-0.15, -0.1) is 0 Å². The Morgan fingerprint density at radius 2 is 1.50 bits per heavy atom. The van der Waals surface area contributed by atoms with Gasteiger partial charge in [0.25, 0.3) is 0 Å². The zero-order valence-electron chi connectivity index (χ0n) is 13.1. The lowest BCUT2D eigenvalue weighted by Gasteiger charge is -2.36. The summed E-state index contributed by atoms with van der Waals surface area (Å²) in [5.41, 5.74) is 2.55. The summed E-state index contributed by atoms with van der Waals surface area (Å²) in [6, 6.07) is 20.8. The third-order valence-electron chi connectivity index (χ3n) is 4.67. The van der Waals surface area contributed by atoms with Gasteiger partial charge in [-0.3, -0.25) is 9.69 Å². The van der Waals surface area contributed by atoms with E-state index in [0.29, 0.717) is 5.92 Å². The smallest absolute Gasteiger partial charge is 0.151 e. The molecule has 1 saturated heterocycles. The molecule has 1 aliphatic heterocycles. The predicted molar refractivity (Wildman–Crippen MR) is 89.9 cm³/mol. The number of hydrogen-bond acceptors (Lipinski definition) is 2. The lowest BCUT2D eigenvalue weighted by molar-refractivity contribution is -0.122. The van der Waals surface area contributed by atoms with Gasteiger partial charge in [-0.1, -0.05) is 60.7 Å². The fourth-order valence-corrected chi connectivity index (χ4v) is 3.55. The Balaban J connectivity index is 1.70. The minimum atomic E-state index is -0.0853. The van der Waals surface area contributed by atoms with Crippen molar-refractivity contribution in [3.8, 4) is 0 Å². The number of rotatable bonds is 4. The highest BCUT2D eigenvalue weighted by Gasteiger charge is 2.29. The molecule has 0 radical (unpaired) electrons. The zero-order chi connectivity index (χ0) is 15.4. The van der Waals surface area contributed by atoms with Gasteiger partial charge in [-0.05, 0) is 49.9 Å². The Bertz CT molecular complexity index is 600. The maximum atomic E-state index is 12.2. The largest absolute Gasteiger partial charge is 0.298 e. The fourth-order valence-electron chi connectivity index (χ4n) is 3.55. The van der Waals surface area contributed by atoms with E-state index >= 15 is 0 Å². The van der Waals surface area contributed by atoms with Crippen molar-refractivity contribution in [3.05, 3.63) is 71.8 Å². The number of hydrogen-bond donors (Lipinski definition) is 0. The van der Waals surface area contributed by atoms with Crippen molar-refractivity contribution in [2.45, 2.75) is 31.7 Å². The van der Waals surface area contributed by atoms with Crippen LogP contribution in [0.2, 0.25) is 0 Å². The quantitative estimate of drug-likeness (QED) is 0.842. The average molecular weight is 293 g/mol. The van der Waals surface area contributed by atoms with Gasteiger partial charge in [0, 0.05) is 0 Å². The van der Waals surface area contributed by atoms with Crippen molar-refractivity contribution in [2.24, 2.45) is 0 Å². The van der Waals surface area contributed by atoms with E-state index in [1.165, 1.54) is 5.56 Å². The summed E-state index contributed by atoms with van der Waals surface area (Å²) in [7, 11) is 0. The van der Waals surface area contributed by atoms with Crippen LogP contribution in [0, 0.1) is 0 Å². The first-order chi connectivity index (χ1) is 10.8. The van der Waals surface area contributed by atoms with Gasteiger partial charge in [0.15, 0.2) is 5.78 Å². The number of carbonyl (C=O) groups is 1. The molecule has 0 bridgehead atoms. The zero-order valence-corrected chi connectivity index (χ0v) is 13.1. The molecule has 1 aliphatic rings. The molecule has 0 unspecified atom stereocenters. The van der Waals surface area contributed by atoms with Crippen LogP contribution in [-0.4, -0.2) is 23.8 Å². The Morgan fingerprint density at radius 3 is 2.05 bits per heavy atom. The normalized spacial score (nSPS) is 18.0. The molecule has 2 nitrogen and oxygen atoms in total. The van der Waals surface area contributed by atoms with Crippen LogP contribution < -0.4 is 0 Å². The molecular weight excluding hydrogens is 270 g/mol. The second kappa shape index (κ2) is 6.89. The number of benzene rings is 2. The van der Waals surface area contributed by atoms with Crippen LogP contribution in [-0.2, 0) is 4.79 Å². The molecule has 114 valence electrons. The van der Waals surface area contributed by atoms with Crippen LogP contribution in [0.15, 0.2) is 60.7 Å². The molecule has 22 heavy (non-hydrogen) atoms. The highest BCUT2D eigenvalue weighted by molar-refractivity contribution is 5.82. The van der Waals surface area contributed by atoms with Crippen LogP contribution in [0.25, 0.3) is 0 Å². The van der Waals surface area contributed by atoms with Crippen molar-refractivity contribution in [1.82, 2.24) is 4.90 Å². The van der Waals surface area contributed by atoms with Gasteiger partial charge in [0.2, 0.25) is 0 Å². The van der Waals surface area contributed by atoms with Crippen LogP contribution >= 0.6 is 0 Å². The first-order valence-corrected chi connectivity index (χ1v) is 8.10. The van der Waals surface area contributed by atoms with E-state index in [-0.39, 0.29) is 11.8 Å². The SMILES string of the molecule is CC(=O)[C@@H](c1ccccc1)N1CCC(c2ccccc2)CC1. The molecule has 0 amide bonds. The number of carbonyl (C=O) groups excluding carboxylic acids is 1. The molecular formula is C20H23NO. The summed E-state index contributed by atoms with van der Waals surface area (Å²) in [4.78, 5) is 14.5. The number of Topliss-reactive ketones (excluding diaryl/α,β-unsaturated/α-hetero) is 1. The molecule has 1 heterocycles. The minimum Gasteiger partial charge on any atom is -0.298 e. The molecule has 1 fully saturated rings. The van der Waals surface area contributed by atoms with Crippen molar-refractivity contribution in [1.29, 1.82) is 0 Å². The number of ketones is 1. The van der Waals surface area contributed by atoms with E-state index in [0.717, 1.165) is 31.5 Å². The van der Waals surface area contributed by atoms with Crippen molar-refractivity contribution in [2.75, 3.05) is 13.1 Å². The predicted octanol–water partition coefficient (Wildman–Crippen LogP) is 4.20. The topological polar surface area (TPSA) is 20.3 Å². The molecule has 0 saturated carbocycles. The Labute approximate surface area is 132 Å². The van der Waals surface area contributed by atoms with Crippen LogP contribution in [0.1, 0.15) is 42.9 Å². The third kappa shape index (κ3) is 3.28. The van der Waals surface area contributed by atoms with Gasteiger partial charge >= 0.3 is 0 Å². The molecule has 0 aliphatic carbocycles. The maximum Gasteiger partial charge on any atom is 0.151 e. The average Bonchev–Trinajstić information content (AvgIpc) is 2.57. The van der Waals surface area contributed by atoms with Crippen molar-refractivity contribution >= 4 is 5.78 Å². The first-order valence-electron chi connectivity index (χ1n) is 8.10. The number of nitrogens with zero attached hydrogens (tertiary/aromatic N) is 1.